The summed E-state index contributed by atoms with van der Waals surface area (Å²) < 4.78 is 0. The topological polar surface area (TPSA) is 96.0 Å². The summed E-state index contributed by atoms with van der Waals surface area (Å²) in [5, 5.41) is 9.18. The van der Waals surface area contributed by atoms with Crippen molar-refractivity contribution in [1.82, 2.24) is 9.97 Å². The van der Waals surface area contributed by atoms with Crippen molar-refractivity contribution in [3.63, 3.8) is 0 Å². The average molecular weight is 389 g/mol. The Kier molecular flexibility index (Phi) is 6.19. The molecule has 0 saturated heterocycles. The fourth-order valence-electron chi connectivity index (χ4n) is 2.71. The van der Waals surface area contributed by atoms with Crippen molar-refractivity contribution in [2.24, 2.45) is 0 Å². The van der Waals surface area contributed by atoms with Crippen LogP contribution >= 0.6 is 0 Å². The van der Waals surface area contributed by atoms with Gasteiger partial charge < -0.3 is 16.0 Å². The van der Waals surface area contributed by atoms with Crippen LogP contribution in [0.3, 0.4) is 0 Å². The Morgan fingerprint density at radius 3 is 2.14 bits per heavy atom. The van der Waals surface area contributed by atoms with Crippen molar-refractivity contribution in [3.05, 3.63) is 71.4 Å². The first-order valence-corrected chi connectivity index (χ1v) is 9.33. The summed E-state index contributed by atoms with van der Waals surface area (Å²) in [5.41, 5.74) is 3.44. The molecule has 2 aromatic carbocycles. The highest BCUT2D eigenvalue weighted by Gasteiger charge is 2.08. The van der Waals surface area contributed by atoms with Crippen molar-refractivity contribution < 1.29 is 9.59 Å². The lowest BCUT2D eigenvalue weighted by Crippen LogP contribution is -2.12. The number of Topliss-reactive ketones (excluding diaryl/α,β-unsaturated/α-hetero) is 1. The standard InChI is InChI=1S/C22H23N5O2/c1-4-23-22-24-14(2)13-20(27-22)25-18-9-11-19(12-10-18)26-21(29)17-7-5-16(6-8-17)15(3)28/h5-13H,4H2,1-3H3,(H,26,29)(H2,23,24,25,27). The molecule has 3 N–H and O–H groups in total. The van der Waals surface area contributed by atoms with Crippen molar-refractivity contribution in [2.45, 2.75) is 20.8 Å². The van der Waals surface area contributed by atoms with Crippen LogP contribution in [0.15, 0.2) is 54.6 Å². The molecule has 3 aromatic rings. The summed E-state index contributed by atoms with van der Waals surface area (Å²) in [4.78, 5) is 32.5. The van der Waals surface area contributed by atoms with Crippen LogP contribution in [-0.2, 0) is 0 Å². The molecule has 0 aliphatic rings. The van der Waals surface area contributed by atoms with Gasteiger partial charge >= 0.3 is 0 Å². The van der Waals surface area contributed by atoms with Gasteiger partial charge in [0, 0.05) is 40.8 Å². The van der Waals surface area contributed by atoms with Crippen LogP contribution in [0.1, 0.15) is 40.3 Å². The normalized spacial score (nSPS) is 10.3. The molecule has 7 nitrogen and oxygen atoms in total. The lowest BCUT2D eigenvalue weighted by molar-refractivity contribution is 0.101. The molecule has 0 bridgehead atoms. The van der Waals surface area contributed by atoms with Crippen molar-refractivity contribution in [3.8, 4) is 0 Å². The summed E-state index contributed by atoms with van der Waals surface area (Å²) in [6, 6.07) is 15.8. The Hall–Kier alpha value is -3.74. The minimum Gasteiger partial charge on any atom is -0.354 e. The van der Waals surface area contributed by atoms with E-state index >= 15 is 0 Å². The van der Waals surface area contributed by atoms with E-state index in [1.165, 1.54) is 6.92 Å². The number of ketones is 1. The summed E-state index contributed by atoms with van der Waals surface area (Å²) in [5.74, 6) is 1.00. The van der Waals surface area contributed by atoms with E-state index in [9.17, 15) is 9.59 Å². The molecule has 0 unspecified atom stereocenters. The van der Waals surface area contributed by atoms with Gasteiger partial charge in [-0.05, 0) is 57.2 Å². The summed E-state index contributed by atoms with van der Waals surface area (Å²) >= 11 is 0. The zero-order valence-corrected chi connectivity index (χ0v) is 16.6. The molecule has 1 amide bonds. The fraction of sp³-hybridized carbons (Fsp3) is 0.182. The number of amides is 1. The van der Waals surface area contributed by atoms with Crippen LogP contribution in [0.5, 0.6) is 0 Å². The van der Waals surface area contributed by atoms with Gasteiger partial charge in [-0.25, -0.2) is 4.98 Å². The Bertz CT molecular complexity index is 1010. The largest absolute Gasteiger partial charge is 0.354 e. The average Bonchev–Trinajstić information content (AvgIpc) is 2.69. The summed E-state index contributed by atoms with van der Waals surface area (Å²) in [6.45, 7) is 6.14. The van der Waals surface area contributed by atoms with E-state index in [1.807, 2.05) is 44.2 Å². The molecule has 1 aromatic heterocycles. The van der Waals surface area contributed by atoms with Crippen LogP contribution in [0.2, 0.25) is 0 Å². The summed E-state index contributed by atoms with van der Waals surface area (Å²) in [6.07, 6.45) is 0. The number of hydrogen-bond acceptors (Lipinski definition) is 6. The number of rotatable bonds is 7. The van der Waals surface area contributed by atoms with Gasteiger partial charge in [-0.2, -0.15) is 4.98 Å². The third-order valence-electron chi connectivity index (χ3n) is 4.16. The fourth-order valence-corrected chi connectivity index (χ4v) is 2.71. The van der Waals surface area contributed by atoms with Crippen LogP contribution in [-0.4, -0.2) is 28.2 Å². The number of hydrogen-bond donors (Lipinski definition) is 3. The van der Waals surface area contributed by atoms with Crippen molar-refractivity contribution >= 4 is 34.8 Å². The second-order valence-corrected chi connectivity index (χ2v) is 6.54. The zero-order chi connectivity index (χ0) is 20.8. The monoisotopic (exact) mass is 389 g/mol. The summed E-state index contributed by atoms with van der Waals surface area (Å²) in [7, 11) is 0. The van der Waals surface area contributed by atoms with Crippen molar-refractivity contribution in [1.29, 1.82) is 0 Å². The Morgan fingerprint density at radius 1 is 0.897 bits per heavy atom. The maximum Gasteiger partial charge on any atom is 0.255 e. The molecular weight excluding hydrogens is 366 g/mol. The smallest absolute Gasteiger partial charge is 0.255 e. The number of nitrogens with one attached hydrogen (secondary N) is 3. The molecule has 7 heteroatoms. The van der Waals surface area contributed by atoms with Gasteiger partial charge in [0.15, 0.2) is 5.78 Å². The number of benzene rings is 2. The minimum absolute atomic E-state index is 0.0310. The van der Waals surface area contributed by atoms with E-state index in [2.05, 4.69) is 25.9 Å². The van der Waals surface area contributed by atoms with Gasteiger partial charge in [-0.1, -0.05) is 12.1 Å². The van der Waals surface area contributed by atoms with E-state index in [-0.39, 0.29) is 11.7 Å². The molecule has 29 heavy (non-hydrogen) atoms. The molecule has 0 fully saturated rings. The quantitative estimate of drug-likeness (QED) is 0.518. The number of aromatic nitrogens is 2. The molecule has 148 valence electrons. The highest BCUT2D eigenvalue weighted by molar-refractivity contribution is 6.05. The lowest BCUT2D eigenvalue weighted by Gasteiger charge is -2.10. The molecule has 0 radical (unpaired) electrons. The van der Waals surface area contributed by atoms with E-state index < -0.39 is 0 Å². The maximum absolute atomic E-state index is 12.4. The maximum atomic E-state index is 12.4. The Morgan fingerprint density at radius 2 is 1.52 bits per heavy atom. The molecule has 0 spiro atoms. The van der Waals surface area contributed by atoms with E-state index in [0.717, 1.165) is 17.9 Å². The molecule has 1 heterocycles. The van der Waals surface area contributed by atoms with Crippen LogP contribution < -0.4 is 16.0 Å². The second kappa shape index (κ2) is 8.97. The van der Waals surface area contributed by atoms with Crippen LogP contribution in [0.4, 0.5) is 23.1 Å². The van der Waals surface area contributed by atoms with Crippen LogP contribution in [0.25, 0.3) is 0 Å². The number of carbonyl (C=O) groups excluding carboxylic acids is 2. The highest BCUT2D eigenvalue weighted by atomic mass is 16.1. The number of aryl methyl sites for hydroxylation is 1. The molecule has 0 saturated carbocycles. The highest BCUT2D eigenvalue weighted by Crippen LogP contribution is 2.20. The Balaban J connectivity index is 1.65. The number of nitrogens with zero attached hydrogens (tertiary/aromatic N) is 2. The first-order chi connectivity index (χ1) is 13.9. The van der Waals surface area contributed by atoms with Gasteiger partial charge in [0.2, 0.25) is 5.95 Å². The molecule has 0 aliphatic heterocycles. The predicted octanol–water partition coefficient (Wildman–Crippen LogP) is 4.42. The predicted molar refractivity (Wildman–Crippen MR) is 115 cm³/mol. The van der Waals surface area contributed by atoms with Gasteiger partial charge in [0.1, 0.15) is 5.82 Å². The van der Waals surface area contributed by atoms with Gasteiger partial charge in [0.05, 0.1) is 0 Å². The van der Waals surface area contributed by atoms with Crippen molar-refractivity contribution in [2.75, 3.05) is 22.5 Å². The van der Waals surface area contributed by atoms with Gasteiger partial charge in [0.25, 0.3) is 5.91 Å². The van der Waals surface area contributed by atoms with E-state index in [1.54, 1.807) is 24.3 Å². The minimum atomic E-state index is -0.234. The van der Waals surface area contributed by atoms with Gasteiger partial charge in [-0.3, -0.25) is 9.59 Å². The molecular formula is C22H23N5O2. The zero-order valence-electron chi connectivity index (χ0n) is 16.6. The Labute approximate surface area is 169 Å². The van der Waals surface area contributed by atoms with E-state index in [0.29, 0.717) is 28.6 Å². The number of anilines is 4. The SMILES string of the molecule is CCNc1nc(C)cc(Nc2ccc(NC(=O)c3ccc(C(C)=O)cc3)cc2)n1. The first kappa shape index (κ1) is 20.0. The first-order valence-electron chi connectivity index (χ1n) is 9.33. The number of carbonyl (C=O) groups is 2. The third kappa shape index (κ3) is 5.38. The second-order valence-electron chi connectivity index (χ2n) is 6.54. The third-order valence-corrected chi connectivity index (χ3v) is 4.16. The lowest BCUT2D eigenvalue weighted by atomic mass is 10.1. The molecule has 0 atom stereocenters. The van der Waals surface area contributed by atoms with Gasteiger partial charge in [-0.15, -0.1) is 0 Å². The molecule has 3 rings (SSSR count). The van der Waals surface area contributed by atoms with Crippen LogP contribution in [0, 0.1) is 6.92 Å². The van der Waals surface area contributed by atoms with E-state index in [4.69, 9.17) is 0 Å². The molecule has 0 aliphatic carbocycles.